The van der Waals surface area contributed by atoms with Crippen molar-refractivity contribution in [3.63, 3.8) is 0 Å². The summed E-state index contributed by atoms with van der Waals surface area (Å²) in [4.78, 5) is 15.0. The maximum Gasteiger partial charge on any atom is 0.273 e. The predicted octanol–water partition coefficient (Wildman–Crippen LogP) is 1.60. The fourth-order valence-corrected chi connectivity index (χ4v) is 4.03. The number of amides is 1. The fourth-order valence-electron chi connectivity index (χ4n) is 4.03. The molecule has 1 amide bonds. The van der Waals surface area contributed by atoms with Gasteiger partial charge in [0.2, 0.25) is 0 Å². The number of carbonyl (C=O) groups excluding carboxylic acids is 1. The highest BCUT2D eigenvalue weighted by Crippen LogP contribution is 2.40. The van der Waals surface area contributed by atoms with Crippen LogP contribution in [0.15, 0.2) is 10.6 Å². The summed E-state index contributed by atoms with van der Waals surface area (Å²) < 4.78 is 5.30. The second-order valence-corrected chi connectivity index (χ2v) is 7.86. The molecule has 1 aromatic rings. The number of likely N-dealkylation sites (tertiary alicyclic amines) is 1. The van der Waals surface area contributed by atoms with Gasteiger partial charge in [-0.05, 0) is 50.6 Å². The molecule has 0 spiro atoms. The summed E-state index contributed by atoms with van der Waals surface area (Å²) in [6.45, 7) is 7.69. The van der Waals surface area contributed by atoms with E-state index >= 15 is 0 Å². The summed E-state index contributed by atoms with van der Waals surface area (Å²) in [6.07, 6.45) is 4.85. The van der Waals surface area contributed by atoms with E-state index in [-0.39, 0.29) is 11.9 Å². The molecule has 132 valence electrons. The van der Waals surface area contributed by atoms with Gasteiger partial charge < -0.3 is 20.1 Å². The van der Waals surface area contributed by atoms with Gasteiger partial charge in [0.15, 0.2) is 5.69 Å². The Bertz CT molecular complexity index is 577. The van der Waals surface area contributed by atoms with Crippen LogP contribution in [-0.4, -0.2) is 54.7 Å². The van der Waals surface area contributed by atoms with Gasteiger partial charge in [0.1, 0.15) is 5.76 Å². The monoisotopic (exact) mass is 332 g/mol. The van der Waals surface area contributed by atoms with Crippen molar-refractivity contribution in [1.82, 2.24) is 20.7 Å². The second-order valence-electron chi connectivity index (χ2n) is 7.86. The number of nitrogens with one attached hydrogen (secondary N) is 2. The zero-order valence-electron chi connectivity index (χ0n) is 14.5. The highest BCUT2D eigenvalue weighted by atomic mass is 16.5. The van der Waals surface area contributed by atoms with Crippen LogP contribution in [0.4, 0.5) is 0 Å². The van der Waals surface area contributed by atoms with Gasteiger partial charge in [0.25, 0.3) is 5.91 Å². The van der Waals surface area contributed by atoms with Crippen molar-refractivity contribution < 1.29 is 9.32 Å². The highest BCUT2D eigenvalue weighted by Gasteiger charge is 2.33. The standard InChI is InChI=1S/C18H28N4O2/c1-12-9-22(10-13-4-6-19-7-5-13)11-16(12)20-18(23)15-8-17(24-21-15)14-2-3-14/h8,12-14,16,19H,2-7,9-11H2,1H3,(H,20,23)/t12-,16+/m1/s1. The van der Waals surface area contributed by atoms with Crippen LogP contribution in [0.1, 0.15) is 54.8 Å². The SMILES string of the molecule is C[C@@H]1CN(CC2CCNCC2)C[C@@H]1NC(=O)c1cc(C2CC2)on1. The molecule has 2 N–H and O–H groups in total. The number of hydrogen-bond donors (Lipinski definition) is 2. The Hall–Kier alpha value is -1.40. The summed E-state index contributed by atoms with van der Waals surface area (Å²) in [6, 6.07) is 2.03. The Morgan fingerprint density at radius 1 is 1.33 bits per heavy atom. The highest BCUT2D eigenvalue weighted by molar-refractivity contribution is 5.92. The second kappa shape index (κ2) is 6.84. The predicted molar refractivity (Wildman–Crippen MR) is 90.9 cm³/mol. The van der Waals surface area contributed by atoms with E-state index < -0.39 is 0 Å². The fraction of sp³-hybridized carbons (Fsp3) is 0.778. The van der Waals surface area contributed by atoms with Crippen LogP contribution in [0, 0.1) is 11.8 Å². The Morgan fingerprint density at radius 2 is 2.12 bits per heavy atom. The van der Waals surface area contributed by atoms with E-state index in [1.165, 1.54) is 12.8 Å². The molecular formula is C18H28N4O2. The number of hydrogen-bond acceptors (Lipinski definition) is 5. The van der Waals surface area contributed by atoms with E-state index in [9.17, 15) is 4.79 Å². The number of carbonyl (C=O) groups is 1. The molecule has 0 unspecified atom stereocenters. The summed E-state index contributed by atoms with van der Waals surface area (Å²) >= 11 is 0. The first-order valence-corrected chi connectivity index (χ1v) is 9.39. The van der Waals surface area contributed by atoms with Crippen molar-refractivity contribution in [2.75, 3.05) is 32.7 Å². The molecule has 0 bridgehead atoms. The molecule has 1 saturated carbocycles. The molecule has 3 fully saturated rings. The van der Waals surface area contributed by atoms with Crippen molar-refractivity contribution in [3.8, 4) is 0 Å². The van der Waals surface area contributed by atoms with Gasteiger partial charge in [-0.15, -0.1) is 0 Å². The molecule has 6 heteroatoms. The quantitative estimate of drug-likeness (QED) is 0.857. The Labute approximate surface area is 143 Å². The molecule has 0 aromatic carbocycles. The first-order valence-electron chi connectivity index (χ1n) is 9.39. The smallest absolute Gasteiger partial charge is 0.273 e. The molecule has 2 aliphatic heterocycles. The lowest BCUT2D eigenvalue weighted by atomic mass is 9.98. The van der Waals surface area contributed by atoms with Crippen LogP contribution < -0.4 is 10.6 Å². The van der Waals surface area contributed by atoms with Gasteiger partial charge in [0.05, 0.1) is 0 Å². The first-order chi connectivity index (χ1) is 11.7. The molecule has 1 aliphatic carbocycles. The number of rotatable bonds is 5. The van der Waals surface area contributed by atoms with Crippen molar-refractivity contribution in [2.45, 2.75) is 44.6 Å². The van der Waals surface area contributed by atoms with E-state index in [1.54, 1.807) is 0 Å². The number of piperidine rings is 1. The molecule has 3 heterocycles. The van der Waals surface area contributed by atoms with Crippen LogP contribution in [0.2, 0.25) is 0 Å². The molecule has 24 heavy (non-hydrogen) atoms. The van der Waals surface area contributed by atoms with Gasteiger partial charge >= 0.3 is 0 Å². The van der Waals surface area contributed by atoms with E-state index in [0.29, 0.717) is 17.5 Å². The average Bonchev–Trinajstić information content (AvgIpc) is 3.21. The topological polar surface area (TPSA) is 70.4 Å². The van der Waals surface area contributed by atoms with Crippen molar-refractivity contribution >= 4 is 5.91 Å². The Balaban J connectivity index is 1.29. The Kier molecular flexibility index (Phi) is 4.59. The molecule has 3 aliphatic rings. The van der Waals surface area contributed by atoms with Gasteiger partial charge in [-0.1, -0.05) is 12.1 Å². The van der Waals surface area contributed by atoms with Gasteiger partial charge in [0, 0.05) is 37.7 Å². The first kappa shape index (κ1) is 16.1. The van der Waals surface area contributed by atoms with Crippen molar-refractivity contribution in [1.29, 1.82) is 0 Å². The molecule has 1 aromatic heterocycles. The molecule has 4 rings (SSSR count). The third kappa shape index (κ3) is 3.64. The molecule has 6 nitrogen and oxygen atoms in total. The van der Waals surface area contributed by atoms with E-state index in [1.807, 2.05) is 6.07 Å². The lowest BCUT2D eigenvalue weighted by Gasteiger charge is -2.27. The molecular weight excluding hydrogens is 304 g/mol. The van der Waals surface area contributed by atoms with E-state index in [0.717, 1.165) is 57.2 Å². The zero-order chi connectivity index (χ0) is 16.5. The van der Waals surface area contributed by atoms with Crippen LogP contribution >= 0.6 is 0 Å². The maximum atomic E-state index is 12.4. The van der Waals surface area contributed by atoms with Crippen LogP contribution in [-0.2, 0) is 0 Å². The largest absolute Gasteiger partial charge is 0.360 e. The van der Waals surface area contributed by atoms with E-state index in [2.05, 4.69) is 27.6 Å². The molecule has 2 saturated heterocycles. The molecule has 2 atom stereocenters. The minimum absolute atomic E-state index is 0.0915. The number of nitrogens with zero attached hydrogens (tertiary/aromatic N) is 2. The normalized spacial score (nSPS) is 29.0. The van der Waals surface area contributed by atoms with Crippen LogP contribution in [0.3, 0.4) is 0 Å². The van der Waals surface area contributed by atoms with Gasteiger partial charge in [-0.2, -0.15) is 0 Å². The number of aromatic nitrogens is 1. The minimum Gasteiger partial charge on any atom is -0.360 e. The third-order valence-corrected chi connectivity index (χ3v) is 5.72. The average molecular weight is 332 g/mol. The third-order valence-electron chi connectivity index (χ3n) is 5.72. The maximum absolute atomic E-state index is 12.4. The lowest BCUT2D eigenvalue weighted by molar-refractivity contribution is 0.0921. The summed E-state index contributed by atoms with van der Waals surface area (Å²) in [7, 11) is 0. The molecule has 0 radical (unpaired) electrons. The van der Waals surface area contributed by atoms with Crippen molar-refractivity contribution in [3.05, 3.63) is 17.5 Å². The Morgan fingerprint density at radius 3 is 2.88 bits per heavy atom. The van der Waals surface area contributed by atoms with Crippen molar-refractivity contribution in [2.24, 2.45) is 11.8 Å². The lowest BCUT2D eigenvalue weighted by Crippen LogP contribution is -2.41. The zero-order valence-corrected chi connectivity index (χ0v) is 14.5. The van der Waals surface area contributed by atoms with E-state index in [4.69, 9.17) is 4.52 Å². The minimum atomic E-state index is -0.0915. The summed E-state index contributed by atoms with van der Waals surface area (Å²) in [5, 5.41) is 10.5. The van der Waals surface area contributed by atoms with Crippen LogP contribution in [0.25, 0.3) is 0 Å². The van der Waals surface area contributed by atoms with Gasteiger partial charge in [-0.25, -0.2) is 0 Å². The van der Waals surface area contributed by atoms with Gasteiger partial charge in [-0.3, -0.25) is 4.79 Å². The van der Waals surface area contributed by atoms with Crippen LogP contribution in [0.5, 0.6) is 0 Å². The summed E-state index contributed by atoms with van der Waals surface area (Å²) in [5.41, 5.74) is 0.431. The summed E-state index contributed by atoms with van der Waals surface area (Å²) in [5.74, 6) is 2.54.